The quantitative estimate of drug-likeness (QED) is 0.498. The maximum absolute atomic E-state index is 2.38. The molecule has 0 saturated heterocycles. The van der Waals surface area contributed by atoms with Crippen molar-refractivity contribution in [2.24, 2.45) is 28.6 Å². The first-order valence-corrected chi connectivity index (χ1v) is 7.79. The molecule has 0 heterocycles. The van der Waals surface area contributed by atoms with Gasteiger partial charge in [0.25, 0.3) is 0 Å². The number of rotatable bonds is 5. The molecule has 19 heavy (non-hydrogen) atoms. The standard InChI is InChI=1S/C19H36/c1-15(12-10-11-13-18(4,5)6)16(2)14-17(3)19(7,8)9/h10-13,15-17H,14H2,1-9H3/b12-10+,13-11-/t15-,16-,17-/m1/s1. The summed E-state index contributed by atoms with van der Waals surface area (Å²) in [5.74, 6) is 2.16. The topological polar surface area (TPSA) is 0 Å². The molecule has 0 unspecified atom stereocenters. The van der Waals surface area contributed by atoms with E-state index in [-0.39, 0.29) is 5.41 Å². The second-order valence-corrected chi connectivity index (χ2v) is 8.45. The molecule has 0 heteroatoms. The molecule has 0 aliphatic heterocycles. The lowest BCUT2D eigenvalue weighted by atomic mass is 9.75. The smallest absolute Gasteiger partial charge is 0.0200 e. The van der Waals surface area contributed by atoms with E-state index >= 15 is 0 Å². The van der Waals surface area contributed by atoms with Gasteiger partial charge in [-0.25, -0.2) is 0 Å². The third-order valence-electron chi connectivity index (χ3n) is 4.22. The molecule has 0 amide bonds. The lowest BCUT2D eigenvalue weighted by Crippen LogP contribution is -2.21. The van der Waals surface area contributed by atoms with Crippen molar-refractivity contribution in [1.82, 2.24) is 0 Å². The van der Waals surface area contributed by atoms with Crippen molar-refractivity contribution in [2.45, 2.75) is 68.7 Å². The van der Waals surface area contributed by atoms with E-state index in [4.69, 9.17) is 0 Å². The molecule has 112 valence electrons. The van der Waals surface area contributed by atoms with Crippen molar-refractivity contribution in [2.75, 3.05) is 0 Å². The van der Waals surface area contributed by atoms with Gasteiger partial charge in [0.05, 0.1) is 0 Å². The van der Waals surface area contributed by atoms with Crippen LogP contribution in [0.1, 0.15) is 68.7 Å². The Balaban J connectivity index is 4.32. The van der Waals surface area contributed by atoms with Gasteiger partial charge in [0, 0.05) is 0 Å². The normalized spacial score (nSPS) is 19.0. The van der Waals surface area contributed by atoms with Crippen LogP contribution in [0.3, 0.4) is 0 Å². The summed E-state index contributed by atoms with van der Waals surface area (Å²) in [7, 11) is 0. The maximum atomic E-state index is 2.38. The first-order valence-electron chi connectivity index (χ1n) is 7.79. The second-order valence-electron chi connectivity index (χ2n) is 8.45. The predicted octanol–water partition coefficient (Wildman–Crippen LogP) is 6.49. The van der Waals surface area contributed by atoms with E-state index in [2.05, 4.69) is 86.6 Å². The van der Waals surface area contributed by atoms with Crippen LogP contribution in [-0.4, -0.2) is 0 Å². The zero-order valence-electron chi connectivity index (χ0n) is 14.7. The van der Waals surface area contributed by atoms with E-state index in [0.717, 1.165) is 11.8 Å². The summed E-state index contributed by atoms with van der Waals surface area (Å²) in [6, 6.07) is 0. The average Bonchev–Trinajstić information content (AvgIpc) is 2.21. The summed E-state index contributed by atoms with van der Waals surface area (Å²) in [6.45, 7) is 20.8. The highest BCUT2D eigenvalue weighted by Gasteiger charge is 2.23. The van der Waals surface area contributed by atoms with Crippen LogP contribution < -0.4 is 0 Å². The van der Waals surface area contributed by atoms with Gasteiger partial charge in [-0.1, -0.05) is 86.6 Å². The highest BCUT2D eigenvalue weighted by atomic mass is 14.3. The minimum Gasteiger partial charge on any atom is -0.0814 e. The largest absolute Gasteiger partial charge is 0.0814 e. The molecule has 0 aliphatic carbocycles. The third-order valence-corrected chi connectivity index (χ3v) is 4.22. The van der Waals surface area contributed by atoms with Gasteiger partial charge in [-0.15, -0.1) is 0 Å². The van der Waals surface area contributed by atoms with Crippen molar-refractivity contribution in [3.63, 3.8) is 0 Å². The Bertz CT molecular complexity index is 293. The highest BCUT2D eigenvalue weighted by molar-refractivity contribution is 5.07. The van der Waals surface area contributed by atoms with E-state index in [1.54, 1.807) is 0 Å². The Labute approximate surface area is 122 Å². The van der Waals surface area contributed by atoms with Crippen LogP contribution in [0.2, 0.25) is 0 Å². The van der Waals surface area contributed by atoms with Crippen molar-refractivity contribution >= 4 is 0 Å². The molecule has 0 aromatic rings. The van der Waals surface area contributed by atoms with Crippen molar-refractivity contribution in [1.29, 1.82) is 0 Å². The van der Waals surface area contributed by atoms with Gasteiger partial charge in [0.1, 0.15) is 0 Å². The Morgan fingerprint density at radius 3 is 1.79 bits per heavy atom. The van der Waals surface area contributed by atoms with E-state index < -0.39 is 0 Å². The monoisotopic (exact) mass is 264 g/mol. The lowest BCUT2D eigenvalue weighted by molar-refractivity contribution is 0.205. The molecule has 0 aromatic carbocycles. The molecule has 0 aromatic heterocycles. The van der Waals surface area contributed by atoms with Crippen molar-refractivity contribution < 1.29 is 0 Å². The summed E-state index contributed by atoms with van der Waals surface area (Å²) in [6.07, 6.45) is 10.3. The molecule has 0 radical (unpaired) electrons. The first-order chi connectivity index (χ1) is 8.43. The van der Waals surface area contributed by atoms with Gasteiger partial charge in [-0.05, 0) is 35.0 Å². The predicted molar refractivity (Wildman–Crippen MR) is 89.3 cm³/mol. The van der Waals surface area contributed by atoms with E-state index in [1.807, 2.05) is 0 Å². The van der Waals surface area contributed by atoms with Crippen LogP contribution in [0.25, 0.3) is 0 Å². The van der Waals surface area contributed by atoms with E-state index in [0.29, 0.717) is 11.3 Å². The Kier molecular flexibility index (Phi) is 7.11. The van der Waals surface area contributed by atoms with Gasteiger partial charge in [-0.3, -0.25) is 0 Å². The number of hydrogen-bond acceptors (Lipinski definition) is 0. The zero-order valence-corrected chi connectivity index (χ0v) is 14.7. The fourth-order valence-corrected chi connectivity index (χ4v) is 1.90. The van der Waals surface area contributed by atoms with Crippen LogP contribution in [0.4, 0.5) is 0 Å². The lowest BCUT2D eigenvalue weighted by Gasteiger charge is -2.31. The number of allylic oxidation sites excluding steroid dienone is 4. The second kappa shape index (κ2) is 7.31. The summed E-state index contributed by atoms with van der Waals surface area (Å²) in [5, 5.41) is 0. The fraction of sp³-hybridized carbons (Fsp3) is 0.789. The van der Waals surface area contributed by atoms with Crippen LogP contribution in [-0.2, 0) is 0 Å². The van der Waals surface area contributed by atoms with Gasteiger partial charge >= 0.3 is 0 Å². The molecule has 0 spiro atoms. The molecule has 0 N–H and O–H groups in total. The van der Waals surface area contributed by atoms with Crippen LogP contribution in [0, 0.1) is 28.6 Å². The maximum Gasteiger partial charge on any atom is -0.0200 e. The van der Waals surface area contributed by atoms with Crippen LogP contribution >= 0.6 is 0 Å². The van der Waals surface area contributed by atoms with E-state index in [1.165, 1.54) is 6.42 Å². The van der Waals surface area contributed by atoms with Gasteiger partial charge in [0.15, 0.2) is 0 Å². The zero-order chi connectivity index (χ0) is 15.3. The molecule has 0 rings (SSSR count). The molecule has 0 bridgehead atoms. The minimum absolute atomic E-state index is 0.278. The fourth-order valence-electron chi connectivity index (χ4n) is 1.90. The Morgan fingerprint density at radius 2 is 1.37 bits per heavy atom. The van der Waals surface area contributed by atoms with Gasteiger partial charge < -0.3 is 0 Å². The Hall–Kier alpha value is -0.520. The molecule has 0 aliphatic rings. The first kappa shape index (κ1) is 18.5. The number of hydrogen-bond donors (Lipinski definition) is 0. The van der Waals surface area contributed by atoms with Gasteiger partial charge in [0.2, 0.25) is 0 Å². The minimum atomic E-state index is 0.278. The van der Waals surface area contributed by atoms with Gasteiger partial charge in [-0.2, -0.15) is 0 Å². The van der Waals surface area contributed by atoms with Crippen LogP contribution in [0.5, 0.6) is 0 Å². The molecular formula is C19H36. The van der Waals surface area contributed by atoms with Crippen molar-refractivity contribution in [3.8, 4) is 0 Å². The summed E-state index contributed by atoms with van der Waals surface area (Å²) >= 11 is 0. The molecule has 0 fully saturated rings. The van der Waals surface area contributed by atoms with E-state index in [9.17, 15) is 0 Å². The molecule has 0 saturated carbocycles. The molecular weight excluding hydrogens is 228 g/mol. The SMILES string of the molecule is C[C@H](/C=C/C=C\C(C)(C)C)[C@H](C)C[C@@H](C)C(C)(C)C. The summed E-state index contributed by atoms with van der Waals surface area (Å²) in [4.78, 5) is 0. The van der Waals surface area contributed by atoms with Crippen LogP contribution in [0.15, 0.2) is 24.3 Å². The Morgan fingerprint density at radius 1 is 0.842 bits per heavy atom. The summed E-state index contributed by atoms with van der Waals surface area (Å²) in [5.41, 5.74) is 0.698. The summed E-state index contributed by atoms with van der Waals surface area (Å²) < 4.78 is 0. The van der Waals surface area contributed by atoms with Crippen molar-refractivity contribution in [3.05, 3.63) is 24.3 Å². The average molecular weight is 264 g/mol. The highest BCUT2D eigenvalue weighted by Crippen LogP contribution is 2.33. The third kappa shape index (κ3) is 9.08. The molecule has 0 nitrogen and oxygen atoms in total. The molecule has 3 atom stereocenters.